The highest BCUT2D eigenvalue weighted by atomic mass is 35.5. The summed E-state index contributed by atoms with van der Waals surface area (Å²) in [7, 11) is 0. The lowest BCUT2D eigenvalue weighted by Gasteiger charge is -2.27. The van der Waals surface area contributed by atoms with Gasteiger partial charge >= 0.3 is 0 Å². The number of nitrogens with two attached hydrogens (primary N) is 1. The molecule has 2 saturated carbocycles. The molecule has 0 amide bonds. The topological polar surface area (TPSA) is 106 Å². The van der Waals surface area contributed by atoms with E-state index in [2.05, 4.69) is 32.7 Å². The fourth-order valence-electron chi connectivity index (χ4n) is 4.94. The van der Waals surface area contributed by atoms with Gasteiger partial charge in [0, 0.05) is 36.9 Å². The van der Waals surface area contributed by atoms with Crippen LogP contribution in [0.5, 0.6) is 0 Å². The van der Waals surface area contributed by atoms with Crippen molar-refractivity contribution < 1.29 is 0 Å². The average Bonchev–Trinajstić information content (AvgIpc) is 3.49. The van der Waals surface area contributed by atoms with Gasteiger partial charge in [-0.1, -0.05) is 31.0 Å². The SMILES string of the molecule is Cl.Cl.Cl.N[C@H]1CC[C@H](Nc2nc(NCCNc3ccccc3)c3ncn(C4CCCC4)c3n2)CC1. The van der Waals surface area contributed by atoms with Crippen LogP contribution >= 0.6 is 37.2 Å². The van der Waals surface area contributed by atoms with Crippen LogP contribution in [0.15, 0.2) is 36.7 Å². The number of rotatable bonds is 8. The number of hydrogen-bond acceptors (Lipinski definition) is 7. The fraction of sp³-hybridized carbons (Fsp3) is 0.542. The van der Waals surface area contributed by atoms with Crippen molar-refractivity contribution in [3.05, 3.63) is 36.7 Å². The van der Waals surface area contributed by atoms with Crippen molar-refractivity contribution in [2.24, 2.45) is 5.73 Å². The Morgan fingerprint density at radius 1 is 0.857 bits per heavy atom. The highest BCUT2D eigenvalue weighted by Crippen LogP contribution is 2.33. The van der Waals surface area contributed by atoms with Crippen LogP contribution in [0.25, 0.3) is 11.2 Å². The highest BCUT2D eigenvalue weighted by molar-refractivity contribution is 5.86. The van der Waals surface area contributed by atoms with Gasteiger partial charge in [0.25, 0.3) is 0 Å². The first-order valence-corrected chi connectivity index (χ1v) is 12.1. The van der Waals surface area contributed by atoms with Gasteiger partial charge in [-0.25, -0.2) is 4.98 Å². The smallest absolute Gasteiger partial charge is 0.227 e. The lowest BCUT2D eigenvalue weighted by molar-refractivity contribution is 0.410. The van der Waals surface area contributed by atoms with Crippen molar-refractivity contribution in [2.45, 2.75) is 69.5 Å². The molecule has 5 rings (SSSR count). The minimum Gasteiger partial charge on any atom is -0.383 e. The third kappa shape index (κ3) is 7.26. The van der Waals surface area contributed by atoms with Crippen LogP contribution in [0.2, 0.25) is 0 Å². The predicted molar refractivity (Wildman–Crippen MR) is 152 cm³/mol. The van der Waals surface area contributed by atoms with Crippen LogP contribution in [-0.4, -0.2) is 44.7 Å². The lowest BCUT2D eigenvalue weighted by Crippen LogP contribution is -2.33. The number of nitrogens with zero attached hydrogens (tertiary/aromatic N) is 4. The molecule has 2 fully saturated rings. The lowest BCUT2D eigenvalue weighted by atomic mass is 9.92. The van der Waals surface area contributed by atoms with Crippen molar-refractivity contribution in [1.82, 2.24) is 19.5 Å². The molecule has 0 atom stereocenters. The van der Waals surface area contributed by atoms with Crippen LogP contribution in [0.4, 0.5) is 17.5 Å². The first-order valence-electron chi connectivity index (χ1n) is 12.1. The molecule has 2 aliphatic rings. The molecule has 2 heterocycles. The number of anilines is 3. The van der Waals surface area contributed by atoms with Crippen LogP contribution in [0.3, 0.4) is 0 Å². The molecule has 1 aromatic carbocycles. The van der Waals surface area contributed by atoms with Gasteiger partial charge in [-0.3, -0.25) is 0 Å². The van der Waals surface area contributed by atoms with Crippen LogP contribution in [0.1, 0.15) is 57.4 Å². The van der Waals surface area contributed by atoms with Crippen molar-refractivity contribution >= 4 is 65.8 Å². The summed E-state index contributed by atoms with van der Waals surface area (Å²) in [5.41, 5.74) is 8.99. The number of nitrogens with one attached hydrogen (secondary N) is 3. The van der Waals surface area contributed by atoms with Crippen LogP contribution in [-0.2, 0) is 0 Å². The van der Waals surface area contributed by atoms with Gasteiger partial charge in [0.1, 0.15) is 0 Å². The second kappa shape index (κ2) is 13.9. The Morgan fingerprint density at radius 3 is 2.26 bits per heavy atom. The molecule has 2 aliphatic carbocycles. The Kier molecular flexibility index (Phi) is 11.6. The van der Waals surface area contributed by atoms with Gasteiger partial charge in [-0.2, -0.15) is 9.97 Å². The van der Waals surface area contributed by atoms with E-state index in [1.165, 1.54) is 25.7 Å². The van der Waals surface area contributed by atoms with E-state index in [9.17, 15) is 0 Å². The maximum Gasteiger partial charge on any atom is 0.227 e. The molecule has 2 aromatic heterocycles. The Morgan fingerprint density at radius 2 is 1.54 bits per heavy atom. The number of para-hydroxylation sites is 1. The number of aromatic nitrogens is 4. The first-order chi connectivity index (χ1) is 15.8. The Bertz CT molecular complexity index is 1020. The van der Waals surface area contributed by atoms with Gasteiger partial charge in [-0.05, 0) is 50.7 Å². The summed E-state index contributed by atoms with van der Waals surface area (Å²) in [5, 5.41) is 10.5. The van der Waals surface area contributed by atoms with E-state index in [0.717, 1.165) is 61.4 Å². The number of hydrogen-bond donors (Lipinski definition) is 4. The molecule has 0 spiro atoms. The molecule has 35 heavy (non-hydrogen) atoms. The summed E-state index contributed by atoms with van der Waals surface area (Å²) < 4.78 is 2.26. The van der Waals surface area contributed by atoms with Gasteiger partial charge in [0.2, 0.25) is 5.95 Å². The monoisotopic (exact) mass is 542 g/mol. The van der Waals surface area contributed by atoms with Crippen molar-refractivity contribution in [2.75, 3.05) is 29.0 Å². The standard InChI is InChI=1S/C24H34N8.3ClH/c25-17-10-12-19(13-11-17)29-24-30-22(27-15-14-26-18-6-2-1-3-7-18)21-23(31-24)32(16-28-21)20-8-4-5-9-20;;;/h1-3,6-7,16-17,19-20,26H,4-5,8-15,25H2,(H2,27,29,30,31);3*1H/t17-,19-;;;. The molecule has 0 aliphatic heterocycles. The van der Waals surface area contributed by atoms with Crippen molar-refractivity contribution in [3.8, 4) is 0 Å². The summed E-state index contributed by atoms with van der Waals surface area (Å²) in [5.74, 6) is 1.49. The van der Waals surface area contributed by atoms with Crippen molar-refractivity contribution in [1.29, 1.82) is 0 Å². The number of benzene rings is 1. The number of fused-ring (bicyclic) bond motifs is 1. The molecule has 11 heteroatoms. The molecule has 0 unspecified atom stereocenters. The summed E-state index contributed by atoms with van der Waals surface area (Å²) in [6, 6.07) is 11.4. The van der Waals surface area contributed by atoms with E-state index >= 15 is 0 Å². The molecule has 3 aromatic rings. The first kappa shape index (κ1) is 29.2. The molecular formula is C24H37Cl3N8. The molecule has 8 nitrogen and oxygen atoms in total. The quantitative estimate of drug-likeness (QED) is 0.281. The third-order valence-electron chi connectivity index (χ3n) is 6.76. The zero-order chi connectivity index (χ0) is 21.8. The number of imidazole rings is 1. The van der Waals surface area contributed by atoms with Gasteiger partial charge in [0.05, 0.1) is 6.33 Å². The average molecular weight is 544 g/mol. The largest absolute Gasteiger partial charge is 0.383 e. The molecule has 0 saturated heterocycles. The van der Waals surface area contributed by atoms with Gasteiger partial charge in [0.15, 0.2) is 17.0 Å². The van der Waals surface area contributed by atoms with E-state index in [0.29, 0.717) is 24.1 Å². The Labute approximate surface area is 225 Å². The van der Waals surface area contributed by atoms with Gasteiger partial charge < -0.3 is 26.3 Å². The normalized spacial score (nSPS) is 19.8. The van der Waals surface area contributed by atoms with E-state index in [1.54, 1.807) is 0 Å². The Balaban J connectivity index is 0.00000144. The minimum absolute atomic E-state index is 0. The summed E-state index contributed by atoms with van der Waals surface area (Å²) >= 11 is 0. The molecule has 194 valence electrons. The van der Waals surface area contributed by atoms with E-state index in [4.69, 9.17) is 20.7 Å². The predicted octanol–water partition coefficient (Wildman–Crippen LogP) is 5.41. The third-order valence-corrected chi connectivity index (χ3v) is 6.76. The fourth-order valence-corrected chi connectivity index (χ4v) is 4.94. The Hall–Kier alpha value is -2.00. The zero-order valence-electron chi connectivity index (χ0n) is 19.9. The molecule has 0 bridgehead atoms. The highest BCUT2D eigenvalue weighted by Gasteiger charge is 2.23. The summed E-state index contributed by atoms with van der Waals surface area (Å²) in [6.45, 7) is 1.54. The summed E-state index contributed by atoms with van der Waals surface area (Å²) in [4.78, 5) is 14.5. The number of halogens is 3. The van der Waals surface area contributed by atoms with Crippen LogP contribution in [0, 0.1) is 0 Å². The maximum absolute atomic E-state index is 6.09. The second-order valence-electron chi connectivity index (χ2n) is 9.13. The molecular weight excluding hydrogens is 507 g/mol. The molecule has 0 radical (unpaired) electrons. The second-order valence-corrected chi connectivity index (χ2v) is 9.13. The van der Waals surface area contributed by atoms with Gasteiger partial charge in [-0.15, -0.1) is 37.2 Å². The minimum atomic E-state index is 0. The van der Waals surface area contributed by atoms with E-state index < -0.39 is 0 Å². The zero-order valence-corrected chi connectivity index (χ0v) is 22.3. The summed E-state index contributed by atoms with van der Waals surface area (Å²) in [6.07, 6.45) is 11.1. The van der Waals surface area contributed by atoms with Crippen LogP contribution < -0.4 is 21.7 Å². The maximum atomic E-state index is 6.09. The van der Waals surface area contributed by atoms with Crippen molar-refractivity contribution in [3.63, 3.8) is 0 Å². The molecule has 5 N–H and O–H groups in total. The van der Waals surface area contributed by atoms with E-state index in [-0.39, 0.29) is 37.2 Å². The van der Waals surface area contributed by atoms with E-state index in [1.807, 2.05) is 24.5 Å².